The number of β-amino-alcohol motifs (C(OH)–C–C–N with tert-alkyl or cyclic N) is 1. The Morgan fingerprint density at radius 1 is 1.28 bits per heavy atom. The van der Waals surface area contributed by atoms with Gasteiger partial charge < -0.3 is 24.4 Å². The third kappa shape index (κ3) is 4.06. The first-order chi connectivity index (χ1) is 17.2. The quantitative estimate of drug-likeness (QED) is 0.287. The molecule has 3 heterocycles. The summed E-state index contributed by atoms with van der Waals surface area (Å²) in [6.07, 6.45) is 4.28. The summed E-state index contributed by atoms with van der Waals surface area (Å²) >= 11 is 0. The number of rotatable bonds is 11. The van der Waals surface area contributed by atoms with Crippen LogP contribution in [0.25, 0.3) is 0 Å². The second-order valence-electron chi connectivity index (χ2n) is 10.2. The molecule has 2 amide bonds. The summed E-state index contributed by atoms with van der Waals surface area (Å²) in [4.78, 5) is 44.4. The maximum absolute atomic E-state index is 14.2. The molecule has 36 heavy (non-hydrogen) atoms. The second-order valence-corrected chi connectivity index (χ2v) is 10.2. The Morgan fingerprint density at radius 2 is 2.00 bits per heavy atom. The van der Waals surface area contributed by atoms with E-state index in [1.54, 1.807) is 17.1 Å². The molecule has 4 rings (SSSR count). The van der Waals surface area contributed by atoms with E-state index in [2.05, 4.69) is 13.2 Å². The van der Waals surface area contributed by atoms with Crippen molar-refractivity contribution in [2.24, 2.45) is 17.8 Å². The first-order valence-electron chi connectivity index (χ1n) is 12.6. The number of amides is 2. The molecule has 3 unspecified atom stereocenters. The fourth-order valence-electron chi connectivity index (χ4n) is 6.42. The summed E-state index contributed by atoms with van der Waals surface area (Å²) in [5.74, 6) is -2.88. The van der Waals surface area contributed by atoms with E-state index in [9.17, 15) is 19.5 Å². The molecule has 1 aromatic carbocycles. The zero-order valence-electron chi connectivity index (χ0n) is 21.1. The van der Waals surface area contributed by atoms with Gasteiger partial charge in [-0.3, -0.25) is 14.4 Å². The number of carbonyl (C=O) groups is 3. The van der Waals surface area contributed by atoms with Crippen LogP contribution in [0.3, 0.4) is 0 Å². The van der Waals surface area contributed by atoms with Crippen molar-refractivity contribution in [3.05, 3.63) is 61.2 Å². The van der Waals surface area contributed by atoms with Gasteiger partial charge in [-0.05, 0) is 31.2 Å². The molecule has 0 saturated carbocycles. The molecule has 0 aliphatic carbocycles. The van der Waals surface area contributed by atoms with Crippen molar-refractivity contribution < 1.29 is 29.0 Å². The van der Waals surface area contributed by atoms with Crippen molar-refractivity contribution >= 4 is 17.8 Å². The number of aliphatic hydroxyl groups excluding tert-OH is 1. The van der Waals surface area contributed by atoms with Gasteiger partial charge in [-0.15, -0.1) is 13.2 Å². The lowest BCUT2D eigenvalue weighted by Gasteiger charge is -2.37. The number of fused-ring (bicyclic) bond motifs is 1. The topological polar surface area (TPSA) is 96.4 Å². The predicted octanol–water partition coefficient (Wildman–Crippen LogP) is 2.32. The highest BCUT2D eigenvalue weighted by atomic mass is 16.6. The van der Waals surface area contributed by atoms with Crippen molar-refractivity contribution in [2.75, 3.05) is 26.3 Å². The van der Waals surface area contributed by atoms with Gasteiger partial charge in [0.1, 0.15) is 17.6 Å². The molecule has 3 aliphatic rings. The number of hydrogen-bond acceptors (Lipinski definition) is 6. The normalized spacial score (nSPS) is 32.3. The first kappa shape index (κ1) is 26.1. The maximum Gasteiger partial charge on any atom is 0.312 e. The minimum atomic E-state index is -1.17. The third-order valence-electron chi connectivity index (χ3n) is 8.09. The van der Waals surface area contributed by atoms with E-state index in [4.69, 9.17) is 9.47 Å². The fraction of sp³-hybridized carbons (Fsp3) is 0.536. The highest BCUT2D eigenvalue weighted by molar-refractivity contribution is 5.98. The van der Waals surface area contributed by atoms with E-state index in [1.165, 1.54) is 4.90 Å². The average molecular weight is 497 g/mol. The Hall–Kier alpha value is -2.97. The van der Waals surface area contributed by atoms with E-state index < -0.39 is 35.0 Å². The minimum Gasteiger partial charge on any atom is -0.465 e. The van der Waals surface area contributed by atoms with Crippen LogP contribution in [0.15, 0.2) is 55.6 Å². The summed E-state index contributed by atoms with van der Waals surface area (Å²) in [7, 11) is 0. The van der Waals surface area contributed by atoms with Crippen LogP contribution in [-0.4, -0.2) is 76.2 Å². The van der Waals surface area contributed by atoms with Crippen molar-refractivity contribution in [3.8, 4) is 0 Å². The molecular formula is C28H36N2O6. The molecule has 0 aromatic heterocycles. The van der Waals surface area contributed by atoms with Gasteiger partial charge in [0.2, 0.25) is 11.8 Å². The van der Waals surface area contributed by atoms with Crippen molar-refractivity contribution in [1.29, 1.82) is 0 Å². The summed E-state index contributed by atoms with van der Waals surface area (Å²) in [6.45, 7) is 11.8. The Balaban J connectivity index is 1.73. The third-order valence-corrected chi connectivity index (χ3v) is 8.09. The zero-order chi connectivity index (χ0) is 26.1. The van der Waals surface area contributed by atoms with Crippen LogP contribution in [0.2, 0.25) is 0 Å². The van der Waals surface area contributed by atoms with Gasteiger partial charge in [-0.25, -0.2) is 0 Å². The van der Waals surface area contributed by atoms with Crippen LogP contribution in [0.5, 0.6) is 0 Å². The number of esters is 1. The van der Waals surface area contributed by atoms with E-state index in [0.717, 1.165) is 5.56 Å². The Kier molecular flexibility index (Phi) is 7.38. The van der Waals surface area contributed by atoms with Crippen LogP contribution in [-0.2, 0) is 30.4 Å². The molecule has 194 valence electrons. The van der Waals surface area contributed by atoms with E-state index in [1.807, 2.05) is 44.2 Å². The molecule has 8 nitrogen and oxygen atoms in total. The van der Waals surface area contributed by atoms with E-state index in [0.29, 0.717) is 19.4 Å². The number of nitrogens with zero attached hydrogens (tertiary/aromatic N) is 2. The smallest absolute Gasteiger partial charge is 0.312 e. The summed E-state index contributed by atoms with van der Waals surface area (Å²) in [5, 5.41) is 9.80. The van der Waals surface area contributed by atoms with Crippen LogP contribution in [0.4, 0.5) is 0 Å². The number of ether oxygens (including phenoxy) is 2. The van der Waals surface area contributed by atoms with Gasteiger partial charge in [0.15, 0.2) is 0 Å². The zero-order valence-corrected chi connectivity index (χ0v) is 21.1. The molecule has 8 heteroatoms. The second kappa shape index (κ2) is 10.2. The van der Waals surface area contributed by atoms with Gasteiger partial charge in [0.05, 0.1) is 24.7 Å². The summed E-state index contributed by atoms with van der Waals surface area (Å²) in [5.41, 5.74) is -1.16. The van der Waals surface area contributed by atoms with Gasteiger partial charge in [0, 0.05) is 19.6 Å². The lowest BCUT2D eigenvalue weighted by atomic mass is 9.62. The molecule has 3 aliphatic heterocycles. The Labute approximate surface area is 212 Å². The molecule has 1 spiro atoms. The molecule has 1 N–H and O–H groups in total. The standard InChI is InChI=1S/C28H36N2O6/c1-5-7-16-35-26(34)22-21-24(32)30(14-15-31)23(28(21)17-19(3)27(22,4)36-28)25(33)29(13-6-2)18-20-11-9-8-10-12-20/h5-6,8-12,19,21-23,31H,1-2,7,13-18H2,3-4H3/t19?,21-,22+,23?,27-,28?/m0/s1. The van der Waals surface area contributed by atoms with Gasteiger partial charge in [-0.1, -0.05) is 49.4 Å². The lowest BCUT2D eigenvalue weighted by molar-refractivity contribution is -0.162. The number of carbonyl (C=O) groups excluding carboxylic acids is 3. The van der Waals surface area contributed by atoms with Crippen LogP contribution in [0.1, 0.15) is 32.3 Å². The van der Waals surface area contributed by atoms with Crippen LogP contribution in [0, 0.1) is 17.8 Å². The number of likely N-dealkylation sites (tertiary alicyclic amines) is 1. The first-order valence-corrected chi connectivity index (χ1v) is 12.6. The Morgan fingerprint density at radius 3 is 2.64 bits per heavy atom. The Bertz CT molecular complexity index is 1030. The number of benzene rings is 1. The predicted molar refractivity (Wildman–Crippen MR) is 133 cm³/mol. The number of aliphatic hydroxyl groups is 1. The van der Waals surface area contributed by atoms with Crippen molar-refractivity contribution in [3.63, 3.8) is 0 Å². The van der Waals surface area contributed by atoms with Crippen LogP contribution < -0.4 is 0 Å². The monoisotopic (exact) mass is 496 g/mol. The molecule has 3 saturated heterocycles. The minimum absolute atomic E-state index is 0.0204. The van der Waals surface area contributed by atoms with E-state index >= 15 is 0 Å². The highest BCUT2D eigenvalue weighted by Crippen LogP contribution is 2.65. The van der Waals surface area contributed by atoms with Gasteiger partial charge in [0.25, 0.3) is 0 Å². The summed E-state index contributed by atoms with van der Waals surface area (Å²) < 4.78 is 12.2. The van der Waals surface area contributed by atoms with Gasteiger partial charge >= 0.3 is 5.97 Å². The van der Waals surface area contributed by atoms with Crippen molar-refractivity contribution in [2.45, 2.75) is 50.5 Å². The molecule has 0 radical (unpaired) electrons. The maximum atomic E-state index is 14.2. The SMILES string of the molecule is C=CCCOC(=O)[C@H]1[C@H]2C(=O)N(CCO)C(C(=O)N(CC=C)Cc3ccccc3)C23CC(C)[C@]1(C)O3. The van der Waals surface area contributed by atoms with E-state index in [-0.39, 0.29) is 44.0 Å². The van der Waals surface area contributed by atoms with Crippen LogP contribution >= 0.6 is 0 Å². The largest absolute Gasteiger partial charge is 0.465 e. The molecule has 3 fully saturated rings. The molecule has 6 atom stereocenters. The summed E-state index contributed by atoms with van der Waals surface area (Å²) in [6, 6.07) is 8.64. The van der Waals surface area contributed by atoms with Crippen molar-refractivity contribution in [1.82, 2.24) is 9.80 Å². The number of hydrogen-bond donors (Lipinski definition) is 1. The molecule has 1 aromatic rings. The molecule has 2 bridgehead atoms. The highest BCUT2D eigenvalue weighted by Gasteiger charge is 2.80. The lowest BCUT2D eigenvalue weighted by Crippen LogP contribution is -2.56. The fourth-order valence-corrected chi connectivity index (χ4v) is 6.42. The molecular weight excluding hydrogens is 460 g/mol. The van der Waals surface area contributed by atoms with Gasteiger partial charge in [-0.2, -0.15) is 0 Å². The average Bonchev–Trinajstić information content (AvgIpc) is 3.36.